The zero-order valence-electron chi connectivity index (χ0n) is 8.68. The maximum Gasteiger partial charge on any atom is 0.303 e. The van der Waals surface area contributed by atoms with E-state index in [4.69, 9.17) is 9.84 Å². The number of carboxylic acid groups (broad SMARTS) is 1. The lowest BCUT2D eigenvalue weighted by molar-refractivity contribution is -0.139. The summed E-state index contributed by atoms with van der Waals surface area (Å²) in [6.45, 7) is 2.00. The molecular formula is C9H16O5S. The van der Waals surface area contributed by atoms with Gasteiger partial charge >= 0.3 is 5.97 Å². The molecule has 0 amide bonds. The minimum Gasteiger partial charge on any atom is -0.481 e. The average Bonchev–Trinajstić information content (AvgIpc) is 2.10. The van der Waals surface area contributed by atoms with E-state index in [9.17, 15) is 13.2 Å². The highest BCUT2D eigenvalue weighted by molar-refractivity contribution is 7.91. The first kappa shape index (κ1) is 12.4. The van der Waals surface area contributed by atoms with Crippen LogP contribution in [0.25, 0.3) is 0 Å². The molecule has 0 bridgehead atoms. The van der Waals surface area contributed by atoms with E-state index in [1.54, 1.807) is 6.92 Å². The Morgan fingerprint density at radius 1 is 1.53 bits per heavy atom. The van der Waals surface area contributed by atoms with Crippen LogP contribution in [0.4, 0.5) is 0 Å². The highest BCUT2D eigenvalue weighted by atomic mass is 32.2. The van der Waals surface area contributed by atoms with Crippen LogP contribution in [0.1, 0.15) is 26.2 Å². The van der Waals surface area contributed by atoms with E-state index in [2.05, 4.69) is 0 Å². The van der Waals surface area contributed by atoms with Crippen LogP contribution in [0.15, 0.2) is 0 Å². The Morgan fingerprint density at radius 2 is 2.20 bits per heavy atom. The Kier molecular flexibility index (Phi) is 4.10. The molecule has 0 spiro atoms. The number of hydrogen-bond donors (Lipinski definition) is 1. The van der Waals surface area contributed by atoms with Crippen LogP contribution in [0.2, 0.25) is 0 Å². The van der Waals surface area contributed by atoms with E-state index in [1.807, 2.05) is 0 Å². The number of sulfone groups is 1. The van der Waals surface area contributed by atoms with E-state index in [0.717, 1.165) is 0 Å². The Labute approximate surface area is 89.3 Å². The first-order valence-electron chi connectivity index (χ1n) is 5.02. The second-order valence-corrected chi connectivity index (χ2v) is 5.89. The molecule has 1 rings (SSSR count). The van der Waals surface area contributed by atoms with Crippen molar-refractivity contribution in [1.29, 1.82) is 0 Å². The summed E-state index contributed by atoms with van der Waals surface area (Å²) in [5.74, 6) is -1.27. The summed E-state index contributed by atoms with van der Waals surface area (Å²) in [6.07, 6.45) is 1.00. The molecule has 1 heterocycles. The number of ether oxygens (including phenoxy) is 1. The van der Waals surface area contributed by atoms with E-state index in [0.29, 0.717) is 19.4 Å². The Balaban J connectivity index is 2.79. The summed E-state index contributed by atoms with van der Waals surface area (Å²) in [4.78, 5) is 10.6. The van der Waals surface area contributed by atoms with Crippen molar-refractivity contribution in [2.75, 3.05) is 12.4 Å². The fourth-order valence-electron chi connectivity index (χ4n) is 1.92. The third-order valence-corrected chi connectivity index (χ3v) is 4.60. The second-order valence-electron chi connectivity index (χ2n) is 3.69. The van der Waals surface area contributed by atoms with Gasteiger partial charge in [0.25, 0.3) is 0 Å². The lowest BCUT2D eigenvalue weighted by Gasteiger charge is -2.29. The second kappa shape index (κ2) is 4.94. The standard InChI is InChI=1S/C9H16O5S/c1-2-14-9-7(6-8(10)11)4-3-5-15(9,12)13/h7,9H,2-6H2,1H3,(H,10,11). The van der Waals surface area contributed by atoms with Crippen LogP contribution in [0.3, 0.4) is 0 Å². The molecule has 1 fully saturated rings. The highest BCUT2D eigenvalue weighted by Crippen LogP contribution is 2.29. The van der Waals surface area contributed by atoms with Crippen LogP contribution in [0.5, 0.6) is 0 Å². The molecule has 0 aliphatic carbocycles. The molecule has 1 aliphatic rings. The van der Waals surface area contributed by atoms with Gasteiger partial charge in [0.1, 0.15) is 0 Å². The van der Waals surface area contributed by atoms with Crippen molar-refractivity contribution in [1.82, 2.24) is 0 Å². The Bertz CT molecular complexity index is 321. The molecule has 2 atom stereocenters. The highest BCUT2D eigenvalue weighted by Gasteiger charge is 2.38. The smallest absolute Gasteiger partial charge is 0.303 e. The van der Waals surface area contributed by atoms with Gasteiger partial charge in [0.05, 0.1) is 12.2 Å². The third kappa shape index (κ3) is 3.17. The number of carboxylic acids is 1. The van der Waals surface area contributed by atoms with Crippen molar-refractivity contribution in [2.24, 2.45) is 5.92 Å². The van der Waals surface area contributed by atoms with Gasteiger partial charge in [-0.1, -0.05) is 0 Å². The summed E-state index contributed by atoms with van der Waals surface area (Å²) >= 11 is 0. The summed E-state index contributed by atoms with van der Waals surface area (Å²) in [5, 5.41) is 8.67. The lowest BCUT2D eigenvalue weighted by Crippen LogP contribution is -2.39. The first-order valence-corrected chi connectivity index (χ1v) is 6.74. The molecule has 1 saturated heterocycles. The minimum absolute atomic E-state index is 0.105. The first-order chi connectivity index (χ1) is 6.97. The fraction of sp³-hybridized carbons (Fsp3) is 0.889. The van der Waals surface area contributed by atoms with Crippen molar-refractivity contribution in [2.45, 2.75) is 31.6 Å². The van der Waals surface area contributed by atoms with Crippen LogP contribution in [-0.2, 0) is 19.4 Å². The summed E-state index contributed by atoms with van der Waals surface area (Å²) in [6, 6.07) is 0. The zero-order valence-corrected chi connectivity index (χ0v) is 9.50. The van der Waals surface area contributed by atoms with Gasteiger partial charge in [-0.05, 0) is 19.8 Å². The molecule has 0 aromatic rings. The van der Waals surface area contributed by atoms with E-state index in [1.165, 1.54) is 0 Å². The van der Waals surface area contributed by atoms with Gasteiger partial charge in [-0.2, -0.15) is 0 Å². The summed E-state index contributed by atoms with van der Waals surface area (Å²) in [7, 11) is -3.27. The lowest BCUT2D eigenvalue weighted by atomic mass is 10.0. The van der Waals surface area contributed by atoms with Crippen molar-refractivity contribution >= 4 is 15.8 Å². The molecule has 88 valence electrons. The van der Waals surface area contributed by atoms with E-state index < -0.39 is 27.2 Å². The quantitative estimate of drug-likeness (QED) is 0.775. The van der Waals surface area contributed by atoms with Gasteiger partial charge in [-0.15, -0.1) is 0 Å². The molecule has 1 N–H and O–H groups in total. The number of carbonyl (C=O) groups is 1. The monoisotopic (exact) mass is 236 g/mol. The Morgan fingerprint density at radius 3 is 2.73 bits per heavy atom. The zero-order chi connectivity index (χ0) is 11.5. The molecule has 0 aromatic carbocycles. The van der Waals surface area contributed by atoms with Crippen LogP contribution < -0.4 is 0 Å². The summed E-state index contributed by atoms with van der Waals surface area (Å²) in [5.41, 5.74) is -0.924. The van der Waals surface area contributed by atoms with Gasteiger partial charge in [0.2, 0.25) is 0 Å². The predicted molar refractivity (Wildman–Crippen MR) is 54.2 cm³/mol. The normalized spacial score (nSPS) is 29.9. The molecule has 2 unspecified atom stereocenters. The van der Waals surface area contributed by atoms with Crippen molar-refractivity contribution < 1.29 is 23.1 Å². The molecule has 1 aliphatic heterocycles. The van der Waals surface area contributed by atoms with Gasteiger partial charge in [0.15, 0.2) is 15.3 Å². The number of hydrogen-bond acceptors (Lipinski definition) is 4. The Hall–Kier alpha value is -0.620. The molecule has 0 radical (unpaired) electrons. The third-order valence-electron chi connectivity index (χ3n) is 2.51. The van der Waals surface area contributed by atoms with Crippen LogP contribution >= 0.6 is 0 Å². The van der Waals surface area contributed by atoms with E-state index >= 15 is 0 Å². The average molecular weight is 236 g/mol. The minimum atomic E-state index is -3.27. The fourth-order valence-corrected chi connectivity index (χ4v) is 3.88. The summed E-state index contributed by atoms with van der Waals surface area (Å²) < 4.78 is 28.5. The van der Waals surface area contributed by atoms with Crippen molar-refractivity contribution in [3.05, 3.63) is 0 Å². The van der Waals surface area contributed by atoms with Crippen molar-refractivity contribution in [3.8, 4) is 0 Å². The predicted octanol–water partition coefficient (Wildman–Crippen LogP) is 0.649. The number of aliphatic carboxylic acids is 1. The molecule has 6 heteroatoms. The van der Waals surface area contributed by atoms with Crippen LogP contribution in [-0.4, -0.2) is 37.3 Å². The molecular weight excluding hydrogens is 220 g/mol. The SMILES string of the molecule is CCOC1C(CC(=O)O)CCCS1(=O)=O. The van der Waals surface area contributed by atoms with Gasteiger partial charge < -0.3 is 9.84 Å². The maximum atomic E-state index is 11.6. The number of rotatable bonds is 4. The molecule has 5 nitrogen and oxygen atoms in total. The topological polar surface area (TPSA) is 80.7 Å². The molecule has 15 heavy (non-hydrogen) atoms. The van der Waals surface area contributed by atoms with Gasteiger partial charge in [-0.25, -0.2) is 8.42 Å². The van der Waals surface area contributed by atoms with Gasteiger partial charge in [-0.3, -0.25) is 4.79 Å². The molecule has 0 aromatic heterocycles. The van der Waals surface area contributed by atoms with Gasteiger partial charge in [0, 0.05) is 12.5 Å². The van der Waals surface area contributed by atoms with Crippen molar-refractivity contribution in [3.63, 3.8) is 0 Å². The molecule has 0 saturated carbocycles. The largest absolute Gasteiger partial charge is 0.481 e. The van der Waals surface area contributed by atoms with E-state index in [-0.39, 0.29) is 12.2 Å². The van der Waals surface area contributed by atoms with Crippen LogP contribution in [0, 0.1) is 5.92 Å². The maximum absolute atomic E-state index is 11.6.